The zero-order chi connectivity index (χ0) is 14.2. The van der Waals surface area contributed by atoms with E-state index >= 15 is 0 Å². The van der Waals surface area contributed by atoms with Gasteiger partial charge in [0.2, 0.25) is 5.52 Å². The van der Waals surface area contributed by atoms with E-state index in [0.29, 0.717) is 5.52 Å². The van der Waals surface area contributed by atoms with E-state index in [1.54, 1.807) is 6.07 Å². The number of non-ortho nitro benzene ring substituents is 1. The Morgan fingerprint density at radius 1 is 1.35 bits per heavy atom. The van der Waals surface area contributed by atoms with E-state index in [2.05, 4.69) is 32.5 Å². The lowest BCUT2D eigenvalue weighted by Crippen LogP contribution is -2.45. The van der Waals surface area contributed by atoms with E-state index in [-0.39, 0.29) is 16.7 Å². The van der Waals surface area contributed by atoms with Crippen LogP contribution in [0.1, 0.15) is 19.8 Å². The molecule has 0 spiro atoms. The standard InChI is InChI=1S/C12H15N5O3/c1-12(4-6-13-7-5-12)14-8-2-3-9(17(18)19)11-10(8)15-20-16-11/h2-3,13-14H,4-7H2,1H3. The van der Waals surface area contributed by atoms with Crippen LogP contribution in [-0.4, -0.2) is 33.9 Å². The molecule has 2 aromatic rings. The summed E-state index contributed by atoms with van der Waals surface area (Å²) in [5.74, 6) is 0. The van der Waals surface area contributed by atoms with Crippen LogP contribution in [0.5, 0.6) is 0 Å². The number of nitrogens with one attached hydrogen (secondary N) is 2. The van der Waals surface area contributed by atoms with Crippen molar-refractivity contribution in [2.75, 3.05) is 18.4 Å². The van der Waals surface area contributed by atoms with Gasteiger partial charge in [-0.15, -0.1) is 0 Å². The van der Waals surface area contributed by atoms with Crippen LogP contribution in [0.25, 0.3) is 11.0 Å². The zero-order valence-corrected chi connectivity index (χ0v) is 11.0. The van der Waals surface area contributed by atoms with E-state index in [1.807, 2.05) is 0 Å². The number of aromatic nitrogens is 2. The topological polar surface area (TPSA) is 106 Å². The van der Waals surface area contributed by atoms with Crippen molar-refractivity contribution in [3.05, 3.63) is 22.2 Å². The van der Waals surface area contributed by atoms with Crippen molar-refractivity contribution in [1.82, 2.24) is 15.6 Å². The minimum absolute atomic E-state index is 0.0622. The lowest BCUT2D eigenvalue weighted by atomic mass is 9.90. The number of hydrogen-bond acceptors (Lipinski definition) is 7. The second-order valence-corrected chi connectivity index (χ2v) is 5.29. The molecule has 2 heterocycles. The number of nitrogens with zero attached hydrogens (tertiary/aromatic N) is 3. The number of anilines is 1. The molecule has 1 aromatic heterocycles. The molecule has 0 bridgehead atoms. The molecule has 1 aliphatic heterocycles. The predicted octanol–water partition coefficient (Wildman–Crippen LogP) is 1.68. The Labute approximate surface area is 114 Å². The summed E-state index contributed by atoms with van der Waals surface area (Å²) in [5, 5.41) is 25.1. The summed E-state index contributed by atoms with van der Waals surface area (Å²) in [4.78, 5) is 10.5. The predicted molar refractivity (Wildman–Crippen MR) is 72.6 cm³/mol. The first-order valence-corrected chi connectivity index (χ1v) is 6.48. The average molecular weight is 277 g/mol. The molecule has 0 aliphatic carbocycles. The Balaban J connectivity index is 1.98. The molecule has 0 amide bonds. The lowest BCUT2D eigenvalue weighted by molar-refractivity contribution is -0.383. The first-order valence-electron chi connectivity index (χ1n) is 6.48. The summed E-state index contributed by atoms with van der Waals surface area (Å²) in [7, 11) is 0. The van der Waals surface area contributed by atoms with Gasteiger partial charge in [-0.3, -0.25) is 10.1 Å². The highest BCUT2D eigenvalue weighted by Crippen LogP contribution is 2.32. The fourth-order valence-electron chi connectivity index (χ4n) is 2.53. The van der Waals surface area contributed by atoms with Gasteiger partial charge in [0.25, 0.3) is 0 Å². The van der Waals surface area contributed by atoms with Gasteiger partial charge in [-0.25, -0.2) is 4.63 Å². The molecule has 20 heavy (non-hydrogen) atoms. The van der Waals surface area contributed by atoms with Gasteiger partial charge in [-0.2, -0.15) is 0 Å². The van der Waals surface area contributed by atoms with Gasteiger partial charge in [-0.1, -0.05) is 0 Å². The minimum atomic E-state index is -0.484. The quantitative estimate of drug-likeness (QED) is 0.649. The summed E-state index contributed by atoms with van der Waals surface area (Å²) in [6.45, 7) is 4.02. The highest BCUT2D eigenvalue weighted by atomic mass is 16.6. The fourth-order valence-corrected chi connectivity index (χ4v) is 2.53. The second-order valence-electron chi connectivity index (χ2n) is 5.29. The Morgan fingerprint density at radius 2 is 2.05 bits per heavy atom. The molecule has 0 atom stereocenters. The molecule has 106 valence electrons. The molecule has 0 saturated carbocycles. The van der Waals surface area contributed by atoms with E-state index in [0.717, 1.165) is 31.6 Å². The first-order chi connectivity index (χ1) is 9.59. The van der Waals surface area contributed by atoms with Crippen molar-refractivity contribution in [3.8, 4) is 0 Å². The molecule has 2 N–H and O–H groups in total. The van der Waals surface area contributed by atoms with Gasteiger partial charge < -0.3 is 10.6 Å². The lowest BCUT2D eigenvalue weighted by Gasteiger charge is -2.35. The maximum Gasteiger partial charge on any atom is 0.300 e. The summed E-state index contributed by atoms with van der Waals surface area (Å²) in [6, 6.07) is 3.09. The number of nitro groups is 1. The van der Waals surface area contributed by atoms with Gasteiger partial charge in [0, 0.05) is 11.6 Å². The Bertz CT molecular complexity index is 648. The number of fused-ring (bicyclic) bond motifs is 1. The van der Waals surface area contributed by atoms with Gasteiger partial charge in [0.1, 0.15) is 0 Å². The third kappa shape index (κ3) is 2.18. The number of benzene rings is 1. The minimum Gasteiger partial charge on any atom is -0.378 e. The van der Waals surface area contributed by atoms with E-state index in [1.165, 1.54) is 6.07 Å². The Hall–Kier alpha value is -2.22. The highest BCUT2D eigenvalue weighted by molar-refractivity contribution is 5.93. The fraction of sp³-hybridized carbons (Fsp3) is 0.500. The molecule has 8 nitrogen and oxygen atoms in total. The smallest absolute Gasteiger partial charge is 0.300 e. The molecule has 0 unspecified atom stereocenters. The first kappa shape index (κ1) is 12.8. The van der Waals surface area contributed by atoms with E-state index in [9.17, 15) is 10.1 Å². The van der Waals surface area contributed by atoms with Crippen LogP contribution in [0.2, 0.25) is 0 Å². The van der Waals surface area contributed by atoms with Gasteiger partial charge >= 0.3 is 5.69 Å². The van der Waals surface area contributed by atoms with Crippen LogP contribution >= 0.6 is 0 Å². The van der Waals surface area contributed by atoms with Crippen molar-refractivity contribution in [2.24, 2.45) is 0 Å². The summed E-state index contributed by atoms with van der Waals surface area (Å²) >= 11 is 0. The Morgan fingerprint density at radius 3 is 2.75 bits per heavy atom. The summed E-state index contributed by atoms with van der Waals surface area (Å²) in [6.07, 6.45) is 1.94. The molecule has 1 aromatic carbocycles. The average Bonchev–Trinajstić information content (AvgIpc) is 2.88. The largest absolute Gasteiger partial charge is 0.378 e. The van der Waals surface area contributed by atoms with Crippen molar-refractivity contribution in [3.63, 3.8) is 0 Å². The molecule has 0 radical (unpaired) electrons. The van der Waals surface area contributed by atoms with E-state index < -0.39 is 4.92 Å². The van der Waals surface area contributed by atoms with Crippen molar-refractivity contribution in [2.45, 2.75) is 25.3 Å². The van der Waals surface area contributed by atoms with Crippen LogP contribution in [0.3, 0.4) is 0 Å². The zero-order valence-electron chi connectivity index (χ0n) is 11.0. The SMILES string of the molecule is CC1(Nc2ccc([N+](=O)[O-])c3nonc23)CCNCC1. The molecule has 1 aliphatic rings. The van der Waals surface area contributed by atoms with Crippen molar-refractivity contribution >= 4 is 22.4 Å². The van der Waals surface area contributed by atoms with Crippen molar-refractivity contribution in [1.29, 1.82) is 0 Å². The normalized spacial score (nSPS) is 18.1. The molecule has 1 fully saturated rings. The van der Waals surface area contributed by atoms with Crippen LogP contribution in [0.15, 0.2) is 16.8 Å². The Kier molecular flexibility index (Phi) is 3.01. The molecule has 1 saturated heterocycles. The molecule has 8 heteroatoms. The maximum absolute atomic E-state index is 10.9. The summed E-state index contributed by atoms with van der Waals surface area (Å²) < 4.78 is 4.66. The molecular formula is C12H15N5O3. The van der Waals surface area contributed by atoms with Crippen LogP contribution in [0.4, 0.5) is 11.4 Å². The number of piperidine rings is 1. The third-order valence-corrected chi connectivity index (χ3v) is 3.73. The van der Waals surface area contributed by atoms with Crippen LogP contribution in [-0.2, 0) is 0 Å². The summed E-state index contributed by atoms with van der Waals surface area (Å²) in [5.41, 5.74) is 1.14. The number of nitro benzene ring substituents is 1. The molecular weight excluding hydrogens is 262 g/mol. The monoisotopic (exact) mass is 277 g/mol. The van der Waals surface area contributed by atoms with Gasteiger partial charge in [-0.05, 0) is 49.2 Å². The number of rotatable bonds is 3. The maximum atomic E-state index is 10.9. The van der Waals surface area contributed by atoms with Crippen LogP contribution < -0.4 is 10.6 Å². The number of hydrogen-bond donors (Lipinski definition) is 2. The molecule has 3 rings (SSSR count). The van der Waals surface area contributed by atoms with Gasteiger partial charge in [0.05, 0.1) is 10.6 Å². The highest BCUT2D eigenvalue weighted by Gasteiger charge is 2.28. The van der Waals surface area contributed by atoms with Crippen LogP contribution in [0, 0.1) is 10.1 Å². The van der Waals surface area contributed by atoms with E-state index in [4.69, 9.17) is 0 Å². The third-order valence-electron chi connectivity index (χ3n) is 3.73. The van der Waals surface area contributed by atoms with Gasteiger partial charge in [0.15, 0.2) is 5.52 Å². The van der Waals surface area contributed by atoms with Crippen molar-refractivity contribution < 1.29 is 9.55 Å². The second kappa shape index (κ2) is 4.71.